The predicted octanol–water partition coefficient (Wildman–Crippen LogP) is 2.95. The fraction of sp³-hybridized carbons (Fsp3) is 0.429. The van der Waals surface area contributed by atoms with Crippen LogP contribution in [-0.2, 0) is 16.0 Å². The molecule has 0 bridgehead atoms. The Bertz CT molecular complexity index is 542. The van der Waals surface area contributed by atoms with Gasteiger partial charge in [0.2, 0.25) is 0 Å². The molecule has 7 heteroatoms. The van der Waals surface area contributed by atoms with Crippen molar-refractivity contribution < 1.29 is 23.8 Å². The number of amides is 1. The van der Waals surface area contributed by atoms with Crippen LogP contribution in [-0.4, -0.2) is 28.8 Å². The number of alkyl carbamates (subject to hydrolysis) is 1. The third-order valence-electron chi connectivity index (χ3n) is 2.44. The molecule has 0 saturated heterocycles. The third-order valence-corrected chi connectivity index (χ3v) is 3.28. The lowest BCUT2D eigenvalue weighted by Crippen LogP contribution is -2.44. The molecule has 116 valence electrons. The number of carboxylic acid groups (broad SMARTS) is 1. The second kappa shape index (κ2) is 7.06. The first-order chi connectivity index (χ1) is 9.60. The van der Waals surface area contributed by atoms with Gasteiger partial charge in [0, 0.05) is 9.99 Å². The van der Waals surface area contributed by atoms with Crippen LogP contribution in [0.2, 0.25) is 0 Å². The monoisotopic (exact) mass is 409 g/mol. The summed E-state index contributed by atoms with van der Waals surface area (Å²) in [5, 5.41) is 11.4. The van der Waals surface area contributed by atoms with Crippen molar-refractivity contribution in [2.45, 2.75) is 38.8 Å². The molecule has 1 atom stereocenters. The van der Waals surface area contributed by atoms with Gasteiger partial charge in [-0.1, -0.05) is 12.1 Å². The van der Waals surface area contributed by atoms with E-state index in [0.717, 1.165) is 0 Å². The Morgan fingerprint density at radius 3 is 2.57 bits per heavy atom. The average Bonchev–Trinajstić information content (AvgIpc) is 2.31. The lowest BCUT2D eigenvalue weighted by Gasteiger charge is -2.22. The van der Waals surface area contributed by atoms with Crippen molar-refractivity contribution in [2.75, 3.05) is 0 Å². The molecule has 0 fully saturated rings. The number of carbonyl (C=O) groups is 2. The third kappa shape index (κ3) is 5.86. The molecule has 0 aliphatic rings. The maximum Gasteiger partial charge on any atom is 0.408 e. The Morgan fingerprint density at radius 2 is 2.05 bits per heavy atom. The number of hydrogen-bond acceptors (Lipinski definition) is 3. The molecular formula is C14H17FINO4. The van der Waals surface area contributed by atoms with E-state index in [9.17, 15) is 14.0 Å². The molecule has 0 radical (unpaired) electrons. The molecule has 5 nitrogen and oxygen atoms in total. The van der Waals surface area contributed by atoms with E-state index >= 15 is 0 Å². The van der Waals surface area contributed by atoms with Gasteiger partial charge in [-0.25, -0.2) is 14.0 Å². The fourth-order valence-electron chi connectivity index (χ4n) is 1.58. The minimum atomic E-state index is -1.26. The van der Waals surface area contributed by atoms with E-state index in [4.69, 9.17) is 9.84 Å². The first kappa shape index (κ1) is 17.7. The molecule has 0 saturated carbocycles. The molecule has 21 heavy (non-hydrogen) atoms. The maximum atomic E-state index is 13.9. The van der Waals surface area contributed by atoms with Gasteiger partial charge in [0.05, 0.1) is 0 Å². The van der Waals surface area contributed by atoms with Crippen LogP contribution in [0.15, 0.2) is 18.2 Å². The van der Waals surface area contributed by atoms with E-state index < -0.39 is 29.5 Å². The number of nitrogens with one attached hydrogen (secondary N) is 1. The summed E-state index contributed by atoms with van der Waals surface area (Å²) in [5.41, 5.74) is -0.508. The van der Waals surface area contributed by atoms with E-state index in [1.54, 1.807) is 32.9 Å². The van der Waals surface area contributed by atoms with Crippen molar-refractivity contribution in [3.05, 3.63) is 33.1 Å². The lowest BCUT2D eigenvalue weighted by atomic mass is 10.1. The van der Waals surface area contributed by atoms with Gasteiger partial charge in [0.25, 0.3) is 0 Å². The molecule has 1 aromatic carbocycles. The van der Waals surface area contributed by atoms with Crippen LogP contribution < -0.4 is 5.32 Å². The number of ether oxygens (including phenoxy) is 1. The van der Waals surface area contributed by atoms with Gasteiger partial charge < -0.3 is 15.2 Å². The molecular weight excluding hydrogens is 392 g/mol. The second-order valence-electron chi connectivity index (χ2n) is 5.45. The van der Waals surface area contributed by atoms with Gasteiger partial charge >= 0.3 is 12.1 Å². The highest BCUT2D eigenvalue weighted by molar-refractivity contribution is 14.1. The first-order valence-corrected chi connectivity index (χ1v) is 7.33. The van der Waals surface area contributed by atoms with Crippen LogP contribution in [0.25, 0.3) is 0 Å². The topological polar surface area (TPSA) is 75.6 Å². The quantitative estimate of drug-likeness (QED) is 0.750. The summed E-state index contributed by atoms with van der Waals surface area (Å²) in [4.78, 5) is 22.8. The van der Waals surface area contributed by atoms with Crippen molar-refractivity contribution in [1.29, 1.82) is 0 Å². The Hall–Kier alpha value is -1.38. The molecule has 0 heterocycles. The van der Waals surface area contributed by atoms with Crippen molar-refractivity contribution in [2.24, 2.45) is 0 Å². The van der Waals surface area contributed by atoms with Gasteiger partial charge in [-0.2, -0.15) is 0 Å². The van der Waals surface area contributed by atoms with Crippen molar-refractivity contribution in [3.8, 4) is 0 Å². The molecule has 1 unspecified atom stereocenters. The zero-order chi connectivity index (χ0) is 16.2. The van der Waals surface area contributed by atoms with E-state index in [-0.39, 0.29) is 12.0 Å². The second-order valence-corrected chi connectivity index (χ2v) is 6.62. The molecule has 0 aliphatic carbocycles. The molecule has 1 rings (SSSR count). The lowest BCUT2D eigenvalue weighted by molar-refractivity contribution is -0.139. The van der Waals surface area contributed by atoms with Crippen molar-refractivity contribution in [3.63, 3.8) is 0 Å². The normalized spacial score (nSPS) is 12.6. The standard InChI is InChI=1S/C14H17FINO4/c1-14(2,3)21-13(20)17-10(12(18)19)7-8-5-4-6-9(16)11(8)15/h4-6,10H,7H2,1-3H3,(H,17,20)(H,18,19). The van der Waals surface area contributed by atoms with E-state index in [2.05, 4.69) is 5.32 Å². The molecule has 0 aliphatic heterocycles. The maximum absolute atomic E-state index is 13.9. The van der Waals surface area contributed by atoms with Gasteiger partial charge in [0.15, 0.2) is 0 Å². The first-order valence-electron chi connectivity index (χ1n) is 6.25. The zero-order valence-corrected chi connectivity index (χ0v) is 14.1. The average molecular weight is 409 g/mol. The Morgan fingerprint density at radius 1 is 1.43 bits per heavy atom. The summed E-state index contributed by atoms with van der Waals surface area (Å²) in [6.07, 6.45) is -1.00. The van der Waals surface area contributed by atoms with Crippen LogP contribution in [0.5, 0.6) is 0 Å². The van der Waals surface area contributed by atoms with E-state index in [0.29, 0.717) is 3.57 Å². The van der Waals surface area contributed by atoms with Gasteiger partial charge in [-0.15, -0.1) is 0 Å². The molecule has 1 aromatic rings. The number of halogens is 2. The summed E-state index contributed by atoms with van der Waals surface area (Å²) >= 11 is 1.82. The summed E-state index contributed by atoms with van der Waals surface area (Å²) < 4.78 is 19.3. The van der Waals surface area contributed by atoms with Crippen LogP contribution in [0.1, 0.15) is 26.3 Å². The molecule has 1 amide bonds. The van der Waals surface area contributed by atoms with E-state index in [1.807, 2.05) is 22.6 Å². The molecule has 0 spiro atoms. The summed E-state index contributed by atoms with van der Waals surface area (Å²) in [6.45, 7) is 5.00. The molecule has 0 aromatic heterocycles. The van der Waals surface area contributed by atoms with Gasteiger partial charge in [0.1, 0.15) is 17.5 Å². The highest BCUT2D eigenvalue weighted by Gasteiger charge is 2.25. The Kier molecular flexibility index (Phi) is 5.94. The predicted molar refractivity (Wildman–Crippen MR) is 83.6 cm³/mol. The zero-order valence-electron chi connectivity index (χ0n) is 11.9. The van der Waals surface area contributed by atoms with Crippen LogP contribution in [0.4, 0.5) is 9.18 Å². The number of benzene rings is 1. The number of carbonyl (C=O) groups excluding carboxylic acids is 1. The number of hydrogen-bond donors (Lipinski definition) is 2. The molecule has 2 N–H and O–H groups in total. The van der Waals surface area contributed by atoms with Crippen molar-refractivity contribution >= 4 is 34.7 Å². The largest absolute Gasteiger partial charge is 0.480 e. The number of aliphatic carboxylic acids is 1. The number of rotatable bonds is 4. The fourth-order valence-corrected chi connectivity index (χ4v) is 2.13. The van der Waals surface area contributed by atoms with Crippen LogP contribution in [0.3, 0.4) is 0 Å². The van der Waals surface area contributed by atoms with Gasteiger partial charge in [-0.05, 0) is 55.0 Å². The summed E-state index contributed by atoms with van der Waals surface area (Å²) in [7, 11) is 0. The Balaban J connectivity index is 2.82. The SMILES string of the molecule is CC(C)(C)OC(=O)NC(Cc1cccc(I)c1F)C(=O)O. The highest BCUT2D eigenvalue weighted by atomic mass is 127. The highest BCUT2D eigenvalue weighted by Crippen LogP contribution is 2.17. The minimum absolute atomic E-state index is 0.156. The number of carboxylic acids is 1. The summed E-state index contributed by atoms with van der Waals surface area (Å²) in [5.74, 6) is -1.73. The van der Waals surface area contributed by atoms with Gasteiger partial charge in [-0.3, -0.25) is 0 Å². The minimum Gasteiger partial charge on any atom is -0.480 e. The Labute approximate surface area is 136 Å². The van der Waals surface area contributed by atoms with Crippen LogP contribution in [0, 0.1) is 9.39 Å². The smallest absolute Gasteiger partial charge is 0.408 e. The van der Waals surface area contributed by atoms with E-state index in [1.165, 1.54) is 6.07 Å². The van der Waals surface area contributed by atoms with Crippen LogP contribution >= 0.6 is 22.6 Å². The van der Waals surface area contributed by atoms with Crippen molar-refractivity contribution in [1.82, 2.24) is 5.32 Å². The summed E-state index contributed by atoms with van der Waals surface area (Å²) in [6, 6.07) is 3.44.